The monoisotopic (exact) mass is 371 g/mol. The molecular formula is C16H23Cl2N5O. The maximum absolute atomic E-state index is 12.7. The van der Waals surface area contributed by atoms with E-state index in [1.807, 2.05) is 10.6 Å². The Morgan fingerprint density at radius 2 is 1.75 bits per heavy atom. The lowest BCUT2D eigenvalue weighted by Gasteiger charge is -2.45. The summed E-state index contributed by atoms with van der Waals surface area (Å²) >= 11 is 0. The molecule has 8 heteroatoms. The van der Waals surface area contributed by atoms with Crippen LogP contribution in [0.5, 0.6) is 0 Å². The molecule has 2 bridgehead atoms. The smallest absolute Gasteiger partial charge is 0.273 e. The minimum absolute atomic E-state index is 0. The van der Waals surface area contributed by atoms with Crippen molar-refractivity contribution in [3.63, 3.8) is 0 Å². The normalized spacial score (nSPS) is 28.5. The molecule has 3 N–H and O–H groups in total. The van der Waals surface area contributed by atoms with Gasteiger partial charge in [0.15, 0.2) is 11.3 Å². The average Bonchev–Trinajstić information content (AvgIpc) is 2.96. The molecule has 0 aromatic carbocycles. The van der Waals surface area contributed by atoms with Crippen LogP contribution >= 0.6 is 24.8 Å². The van der Waals surface area contributed by atoms with Gasteiger partial charge in [0.25, 0.3) is 5.91 Å². The molecule has 4 rings (SSSR count). The topological polar surface area (TPSA) is 85.3 Å². The van der Waals surface area contributed by atoms with Crippen molar-refractivity contribution in [3.8, 4) is 0 Å². The number of aromatic nitrogens is 3. The summed E-state index contributed by atoms with van der Waals surface area (Å²) in [6, 6.07) is 0.523. The lowest BCUT2D eigenvalue weighted by molar-refractivity contribution is 0.0752. The maximum atomic E-state index is 12.7. The fraction of sp³-hybridized carbons (Fsp3) is 0.562. The molecular weight excluding hydrogens is 349 g/mol. The van der Waals surface area contributed by atoms with Crippen LogP contribution in [0.25, 0.3) is 5.65 Å². The first kappa shape index (κ1) is 19.0. The number of fused-ring (bicyclic) bond motifs is 3. The van der Waals surface area contributed by atoms with Crippen LogP contribution in [0.2, 0.25) is 0 Å². The number of carbonyl (C=O) groups is 1. The predicted octanol–water partition coefficient (Wildman–Crippen LogP) is 2.21. The SMILES string of the molecule is Cl.Cl.NC1CC2CCCC(C1)C2NC(=O)c1nccn2ccnc12. The number of nitrogens with two attached hydrogens (primary N) is 1. The molecule has 2 aliphatic rings. The van der Waals surface area contributed by atoms with Crippen molar-refractivity contribution in [1.82, 2.24) is 19.7 Å². The Hall–Kier alpha value is -1.37. The van der Waals surface area contributed by atoms with E-state index in [0.717, 1.165) is 25.7 Å². The zero-order valence-corrected chi connectivity index (χ0v) is 14.9. The van der Waals surface area contributed by atoms with Crippen LogP contribution in [0.3, 0.4) is 0 Å². The van der Waals surface area contributed by atoms with Crippen molar-refractivity contribution < 1.29 is 4.79 Å². The van der Waals surface area contributed by atoms with E-state index in [4.69, 9.17) is 5.73 Å². The van der Waals surface area contributed by atoms with Crippen molar-refractivity contribution in [3.05, 3.63) is 30.5 Å². The van der Waals surface area contributed by atoms with E-state index in [1.54, 1.807) is 18.6 Å². The number of nitrogens with zero attached hydrogens (tertiary/aromatic N) is 3. The second-order valence-corrected chi connectivity index (χ2v) is 6.62. The molecule has 0 radical (unpaired) electrons. The van der Waals surface area contributed by atoms with Gasteiger partial charge in [-0.1, -0.05) is 6.42 Å². The Labute approximate surface area is 153 Å². The maximum Gasteiger partial charge on any atom is 0.273 e. The third-order valence-electron chi connectivity index (χ3n) is 5.20. The first-order valence-electron chi connectivity index (χ1n) is 8.06. The second-order valence-electron chi connectivity index (χ2n) is 6.62. The highest BCUT2D eigenvalue weighted by Crippen LogP contribution is 2.39. The Kier molecular flexibility index (Phi) is 6.06. The average molecular weight is 372 g/mol. The van der Waals surface area contributed by atoms with Gasteiger partial charge in [0, 0.05) is 36.9 Å². The zero-order chi connectivity index (χ0) is 15.1. The third kappa shape index (κ3) is 3.36. The molecule has 24 heavy (non-hydrogen) atoms. The van der Waals surface area contributed by atoms with Crippen LogP contribution in [0.4, 0.5) is 0 Å². The molecule has 2 fully saturated rings. The lowest BCUT2D eigenvalue weighted by Crippen LogP contribution is -2.53. The fourth-order valence-corrected chi connectivity index (χ4v) is 4.26. The number of hydrogen-bond donors (Lipinski definition) is 2. The molecule has 2 unspecified atom stereocenters. The molecule has 0 aliphatic heterocycles. The molecule has 2 aromatic rings. The summed E-state index contributed by atoms with van der Waals surface area (Å²) in [5.74, 6) is 0.894. The minimum Gasteiger partial charge on any atom is -0.347 e. The Morgan fingerprint density at radius 3 is 2.42 bits per heavy atom. The molecule has 2 atom stereocenters. The van der Waals surface area contributed by atoms with E-state index in [9.17, 15) is 4.79 Å². The number of rotatable bonds is 2. The summed E-state index contributed by atoms with van der Waals surface area (Å²) in [4.78, 5) is 21.1. The molecule has 2 heterocycles. The molecule has 2 aliphatic carbocycles. The van der Waals surface area contributed by atoms with Crippen LogP contribution in [-0.2, 0) is 0 Å². The lowest BCUT2D eigenvalue weighted by atomic mass is 9.67. The van der Waals surface area contributed by atoms with Crippen LogP contribution in [0.15, 0.2) is 24.8 Å². The third-order valence-corrected chi connectivity index (χ3v) is 5.20. The van der Waals surface area contributed by atoms with Gasteiger partial charge in [0.1, 0.15) is 0 Å². The number of amides is 1. The second kappa shape index (κ2) is 7.68. The molecule has 0 spiro atoms. The predicted molar refractivity (Wildman–Crippen MR) is 96.8 cm³/mol. The molecule has 132 valence electrons. The quantitative estimate of drug-likeness (QED) is 0.847. The number of halogens is 2. The van der Waals surface area contributed by atoms with Gasteiger partial charge >= 0.3 is 0 Å². The minimum atomic E-state index is -0.117. The van der Waals surface area contributed by atoms with Gasteiger partial charge in [-0.15, -0.1) is 24.8 Å². The van der Waals surface area contributed by atoms with Gasteiger partial charge in [0.05, 0.1) is 0 Å². The largest absolute Gasteiger partial charge is 0.347 e. The molecule has 2 aromatic heterocycles. The van der Waals surface area contributed by atoms with Crippen molar-refractivity contribution in [2.75, 3.05) is 0 Å². The molecule has 1 amide bonds. The van der Waals surface area contributed by atoms with Crippen molar-refractivity contribution in [2.24, 2.45) is 17.6 Å². The Morgan fingerprint density at radius 1 is 1.12 bits per heavy atom. The van der Waals surface area contributed by atoms with Crippen molar-refractivity contribution in [1.29, 1.82) is 0 Å². The Balaban J connectivity index is 0.00000104. The molecule has 0 saturated heterocycles. The first-order chi connectivity index (χ1) is 10.7. The van der Waals surface area contributed by atoms with E-state index >= 15 is 0 Å². The van der Waals surface area contributed by atoms with Crippen LogP contribution in [0.1, 0.15) is 42.6 Å². The van der Waals surface area contributed by atoms with Crippen molar-refractivity contribution in [2.45, 2.75) is 44.2 Å². The highest BCUT2D eigenvalue weighted by molar-refractivity contribution is 5.97. The van der Waals surface area contributed by atoms with Crippen LogP contribution < -0.4 is 11.1 Å². The molecule has 6 nitrogen and oxygen atoms in total. The highest BCUT2D eigenvalue weighted by atomic mass is 35.5. The molecule has 2 saturated carbocycles. The van der Waals surface area contributed by atoms with Crippen LogP contribution in [-0.4, -0.2) is 32.4 Å². The fourth-order valence-electron chi connectivity index (χ4n) is 4.26. The standard InChI is InChI=1S/C16H21N5O.2ClH/c17-12-8-10-2-1-3-11(9-12)13(10)20-16(22)14-15-19-5-7-21(15)6-4-18-14;;/h4-7,10-13H,1-3,8-9,17H2,(H,20,22);2*1H. The summed E-state index contributed by atoms with van der Waals surface area (Å²) in [5, 5.41) is 3.23. The van der Waals surface area contributed by atoms with Gasteiger partial charge in [-0.25, -0.2) is 9.97 Å². The van der Waals surface area contributed by atoms with Gasteiger partial charge < -0.3 is 15.5 Å². The highest BCUT2D eigenvalue weighted by Gasteiger charge is 2.40. The van der Waals surface area contributed by atoms with Gasteiger partial charge in [-0.2, -0.15) is 0 Å². The Bertz CT molecular complexity index is 693. The number of carbonyl (C=O) groups excluding carboxylic acids is 1. The van der Waals surface area contributed by atoms with Gasteiger partial charge in [-0.05, 0) is 37.5 Å². The summed E-state index contributed by atoms with van der Waals surface area (Å²) < 4.78 is 1.82. The van der Waals surface area contributed by atoms with Gasteiger partial charge in [0.2, 0.25) is 0 Å². The van der Waals surface area contributed by atoms with E-state index in [2.05, 4.69) is 15.3 Å². The summed E-state index contributed by atoms with van der Waals surface area (Å²) in [6.45, 7) is 0. The van der Waals surface area contributed by atoms with Crippen molar-refractivity contribution >= 4 is 36.4 Å². The first-order valence-corrected chi connectivity index (χ1v) is 8.06. The van der Waals surface area contributed by atoms with E-state index in [1.165, 1.54) is 6.42 Å². The van der Waals surface area contributed by atoms with E-state index in [0.29, 0.717) is 23.2 Å². The summed E-state index contributed by atoms with van der Waals surface area (Å²) in [7, 11) is 0. The summed E-state index contributed by atoms with van der Waals surface area (Å²) in [6.07, 6.45) is 12.6. The number of hydrogen-bond acceptors (Lipinski definition) is 4. The van der Waals surface area contributed by atoms with Crippen LogP contribution in [0, 0.1) is 11.8 Å². The zero-order valence-electron chi connectivity index (χ0n) is 13.3. The number of imidazole rings is 1. The van der Waals surface area contributed by atoms with E-state index < -0.39 is 0 Å². The number of nitrogens with one attached hydrogen (secondary N) is 1. The van der Waals surface area contributed by atoms with E-state index in [-0.39, 0.29) is 42.8 Å². The summed E-state index contributed by atoms with van der Waals surface area (Å²) in [5.41, 5.74) is 7.16. The van der Waals surface area contributed by atoms with Gasteiger partial charge in [-0.3, -0.25) is 4.79 Å².